The maximum Gasteiger partial charge on any atom is 0.333 e. The summed E-state index contributed by atoms with van der Waals surface area (Å²) in [6.45, 7) is 7.43. The van der Waals surface area contributed by atoms with Crippen molar-refractivity contribution in [1.29, 1.82) is 0 Å². The van der Waals surface area contributed by atoms with Gasteiger partial charge in [0.15, 0.2) is 11.9 Å². The van der Waals surface area contributed by atoms with Crippen molar-refractivity contribution in [1.82, 2.24) is 4.98 Å². The Hall–Kier alpha value is -2.96. The molecular weight excluding hydrogens is 522 g/mol. The van der Waals surface area contributed by atoms with Gasteiger partial charge >= 0.3 is 11.9 Å². The molecule has 1 aromatic heterocycles. The lowest BCUT2D eigenvalue weighted by Crippen LogP contribution is -2.77. The van der Waals surface area contributed by atoms with Crippen molar-refractivity contribution in [3.8, 4) is 0 Å². The highest BCUT2D eigenvalue weighted by atomic mass is 16.7. The van der Waals surface area contributed by atoms with Crippen LogP contribution < -0.4 is 10.6 Å². The maximum absolute atomic E-state index is 12.4. The molecule has 11 heteroatoms. The minimum atomic E-state index is -1.90. The van der Waals surface area contributed by atoms with Crippen LogP contribution >= 0.6 is 0 Å². The van der Waals surface area contributed by atoms with E-state index in [-0.39, 0.29) is 30.8 Å². The van der Waals surface area contributed by atoms with Crippen LogP contribution in [-0.4, -0.2) is 86.9 Å². The van der Waals surface area contributed by atoms with Crippen molar-refractivity contribution in [2.45, 2.75) is 81.3 Å². The quantitative estimate of drug-likeness (QED) is 0.219. The number of ether oxygens (including phenoxy) is 4. The van der Waals surface area contributed by atoms with E-state index in [0.29, 0.717) is 6.42 Å². The van der Waals surface area contributed by atoms with Crippen LogP contribution in [0.2, 0.25) is 0 Å². The van der Waals surface area contributed by atoms with Gasteiger partial charge in [-0.2, -0.15) is 0 Å². The first-order valence-corrected chi connectivity index (χ1v) is 13.6. The molecule has 40 heavy (non-hydrogen) atoms. The van der Waals surface area contributed by atoms with E-state index in [1.165, 1.54) is 19.4 Å². The third kappa shape index (κ3) is 4.22. The SMILES string of the molecule is C=CC1C(OC2OC(CO)C34OC=c5[nH]c(C(C)C)cc5=C3CCC2(O)C4O)CC=C(C(=O)OC)C1CC(=O)O. The van der Waals surface area contributed by atoms with Crippen LogP contribution in [-0.2, 0) is 28.5 Å². The second-order valence-corrected chi connectivity index (χ2v) is 11.3. The molecule has 5 N–H and O–H groups in total. The normalized spacial score (nSPS) is 36.5. The van der Waals surface area contributed by atoms with Gasteiger partial charge in [-0.15, -0.1) is 6.58 Å². The molecule has 1 saturated heterocycles. The van der Waals surface area contributed by atoms with E-state index in [4.69, 9.17) is 18.9 Å². The van der Waals surface area contributed by atoms with Crippen LogP contribution in [0.5, 0.6) is 0 Å². The number of nitrogens with one attached hydrogen (secondary N) is 1. The van der Waals surface area contributed by atoms with Gasteiger partial charge in [-0.25, -0.2) is 4.79 Å². The summed E-state index contributed by atoms with van der Waals surface area (Å²) in [5.74, 6) is -2.93. The maximum atomic E-state index is 12.4. The lowest BCUT2D eigenvalue weighted by molar-refractivity contribution is -0.371. The van der Waals surface area contributed by atoms with Crippen LogP contribution in [0, 0.1) is 11.8 Å². The smallest absolute Gasteiger partial charge is 0.333 e. The lowest BCUT2D eigenvalue weighted by atomic mass is 9.63. The number of aliphatic carboxylic acids is 1. The number of carboxylic acid groups (broad SMARTS) is 1. The summed E-state index contributed by atoms with van der Waals surface area (Å²) in [6.07, 6.45) is 0.159. The number of H-pyrrole nitrogens is 1. The number of esters is 1. The molecule has 5 rings (SSSR count). The van der Waals surface area contributed by atoms with Crippen LogP contribution in [0.4, 0.5) is 0 Å². The van der Waals surface area contributed by atoms with E-state index in [2.05, 4.69) is 25.4 Å². The highest BCUT2D eigenvalue weighted by Crippen LogP contribution is 2.52. The number of hydrogen-bond donors (Lipinski definition) is 5. The van der Waals surface area contributed by atoms with Gasteiger partial charge in [0.1, 0.15) is 24.1 Å². The van der Waals surface area contributed by atoms with Gasteiger partial charge in [-0.1, -0.05) is 26.0 Å². The highest BCUT2D eigenvalue weighted by Gasteiger charge is 2.69. The topological polar surface area (TPSA) is 168 Å². The minimum absolute atomic E-state index is 0.0896. The molecule has 2 aliphatic heterocycles. The number of rotatable bonds is 8. The third-order valence-corrected chi connectivity index (χ3v) is 8.90. The average molecular weight is 560 g/mol. The molecule has 2 aliphatic carbocycles. The van der Waals surface area contributed by atoms with Gasteiger partial charge in [0.25, 0.3) is 0 Å². The standard InChI is InChI=1S/C29H37NO10/c1-5-15-17(11-24(32)33)16(25(34)37-4)6-7-22(15)39-27-28(36)9-8-19-18-10-20(14(2)3)30-21(18)13-38-29(19,26(28)35)23(12-31)40-27/h5-6,10,13-15,17,22-23,26-27,30-31,35-36H,1,7-9,11-12H2,2-4H3,(H,32,33). The number of aromatic nitrogens is 1. The number of carbonyl (C=O) groups excluding carboxylic acids is 1. The van der Waals surface area contributed by atoms with Crippen molar-refractivity contribution < 1.29 is 49.0 Å². The monoisotopic (exact) mass is 559 g/mol. The summed E-state index contributed by atoms with van der Waals surface area (Å²) in [6, 6.07) is 2.01. The van der Waals surface area contributed by atoms with E-state index in [0.717, 1.165) is 21.8 Å². The molecule has 0 radical (unpaired) electrons. The number of methoxy groups -OCH3 is 1. The lowest BCUT2D eigenvalue weighted by Gasteiger charge is -2.59. The molecule has 2 bridgehead atoms. The number of aliphatic hydroxyl groups is 3. The number of carboxylic acids is 1. The number of aromatic amines is 1. The summed E-state index contributed by atoms with van der Waals surface area (Å²) in [7, 11) is 1.23. The Kier molecular flexibility index (Phi) is 7.47. The predicted octanol–water partition coefficient (Wildman–Crippen LogP) is 0.180. The van der Waals surface area contributed by atoms with Crippen molar-refractivity contribution in [2.24, 2.45) is 11.8 Å². The zero-order valence-corrected chi connectivity index (χ0v) is 22.8. The molecule has 2 fully saturated rings. The molecule has 218 valence electrons. The van der Waals surface area contributed by atoms with Crippen LogP contribution in [0.25, 0.3) is 11.8 Å². The van der Waals surface area contributed by atoms with Crippen molar-refractivity contribution in [3.05, 3.63) is 46.6 Å². The summed E-state index contributed by atoms with van der Waals surface area (Å²) in [4.78, 5) is 27.4. The fourth-order valence-electron chi connectivity index (χ4n) is 6.79. The van der Waals surface area contributed by atoms with Gasteiger partial charge < -0.3 is 44.4 Å². The van der Waals surface area contributed by atoms with E-state index in [1.807, 2.05) is 6.07 Å². The van der Waals surface area contributed by atoms with Crippen molar-refractivity contribution in [2.75, 3.05) is 13.7 Å². The number of carbonyl (C=O) groups is 2. The molecule has 4 aliphatic rings. The van der Waals surface area contributed by atoms with Gasteiger partial charge in [0.05, 0.1) is 31.6 Å². The first-order chi connectivity index (χ1) is 19.0. The van der Waals surface area contributed by atoms with E-state index >= 15 is 0 Å². The summed E-state index contributed by atoms with van der Waals surface area (Å²) in [5, 5.41) is 45.2. The fourth-order valence-corrected chi connectivity index (χ4v) is 6.79. The average Bonchev–Trinajstić information content (AvgIpc) is 3.36. The molecular formula is C29H37NO10. The number of aliphatic hydroxyl groups excluding tert-OH is 2. The Bertz CT molecular complexity index is 1350. The number of fused-ring (bicyclic) bond motifs is 2. The summed E-state index contributed by atoms with van der Waals surface area (Å²) >= 11 is 0. The Balaban J connectivity index is 1.50. The number of hydrogen-bond acceptors (Lipinski definition) is 9. The van der Waals surface area contributed by atoms with E-state index in [9.17, 15) is 30.0 Å². The highest BCUT2D eigenvalue weighted by molar-refractivity contribution is 5.90. The van der Waals surface area contributed by atoms with Gasteiger partial charge in [0, 0.05) is 28.3 Å². The van der Waals surface area contributed by atoms with E-state index < -0.39 is 66.2 Å². The molecule has 11 nitrogen and oxygen atoms in total. The first kappa shape index (κ1) is 28.6. The summed E-state index contributed by atoms with van der Waals surface area (Å²) in [5.41, 5.74) is -1.49. The molecule has 1 saturated carbocycles. The molecule has 1 aromatic rings. The van der Waals surface area contributed by atoms with Gasteiger partial charge in [0.2, 0.25) is 0 Å². The minimum Gasteiger partial charge on any atom is -0.483 e. The van der Waals surface area contributed by atoms with Crippen LogP contribution in [0.1, 0.15) is 51.1 Å². The van der Waals surface area contributed by atoms with E-state index in [1.54, 1.807) is 6.08 Å². The second kappa shape index (κ2) is 10.5. The second-order valence-electron chi connectivity index (χ2n) is 11.3. The molecule has 0 aromatic carbocycles. The Morgan fingerprint density at radius 1 is 1.35 bits per heavy atom. The molecule has 8 atom stereocenters. The predicted molar refractivity (Wildman–Crippen MR) is 141 cm³/mol. The molecule has 3 heterocycles. The van der Waals surface area contributed by atoms with Gasteiger partial charge in [-0.3, -0.25) is 4.79 Å². The Morgan fingerprint density at radius 3 is 2.73 bits per heavy atom. The zero-order valence-electron chi connectivity index (χ0n) is 22.8. The molecule has 0 amide bonds. The van der Waals surface area contributed by atoms with Crippen LogP contribution in [0.3, 0.4) is 0 Å². The van der Waals surface area contributed by atoms with Crippen LogP contribution in [0.15, 0.2) is 30.4 Å². The largest absolute Gasteiger partial charge is 0.483 e. The van der Waals surface area contributed by atoms with Crippen molar-refractivity contribution in [3.63, 3.8) is 0 Å². The molecule has 1 spiro atoms. The summed E-state index contributed by atoms with van der Waals surface area (Å²) < 4.78 is 23.5. The van der Waals surface area contributed by atoms with Gasteiger partial charge in [-0.05, 0) is 36.8 Å². The fraction of sp³-hybridized carbons (Fsp3) is 0.586. The molecule has 8 unspecified atom stereocenters. The zero-order chi connectivity index (χ0) is 29.0. The first-order valence-electron chi connectivity index (χ1n) is 13.6. The Morgan fingerprint density at radius 2 is 2.10 bits per heavy atom. The third-order valence-electron chi connectivity index (χ3n) is 8.90. The van der Waals surface area contributed by atoms with Crippen molar-refractivity contribution >= 4 is 23.8 Å². The Labute approximate surface area is 231 Å².